The minimum absolute atomic E-state index is 0.0980. The number of aromatic nitrogens is 2. The number of aliphatic hydroxyl groups excluding tert-OH is 1. The molecule has 0 radical (unpaired) electrons. The minimum Gasteiger partial charge on any atom is -0.481 e. The SMILES string of the molecule is Cc1ccc(-c2nc3c(nc2-c2ccc(C)cc2)N(C)C(CCCCC(=O)O)CC3CCO)cc1. The molecule has 4 rings (SSSR count). The summed E-state index contributed by atoms with van der Waals surface area (Å²) in [5.41, 5.74) is 7.10. The van der Waals surface area contributed by atoms with E-state index < -0.39 is 5.97 Å². The van der Waals surface area contributed by atoms with Crippen LogP contribution >= 0.6 is 0 Å². The first-order chi connectivity index (χ1) is 16.9. The summed E-state index contributed by atoms with van der Waals surface area (Å²) in [6.07, 6.45) is 4.13. The Morgan fingerprint density at radius 2 is 1.49 bits per heavy atom. The van der Waals surface area contributed by atoms with Gasteiger partial charge in [-0.05, 0) is 39.5 Å². The molecule has 2 aromatic carbocycles. The van der Waals surface area contributed by atoms with Gasteiger partial charge in [0, 0.05) is 43.2 Å². The molecule has 0 bridgehead atoms. The van der Waals surface area contributed by atoms with Crippen molar-refractivity contribution in [2.45, 2.75) is 64.3 Å². The monoisotopic (exact) mass is 473 g/mol. The van der Waals surface area contributed by atoms with Gasteiger partial charge in [0.05, 0.1) is 17.1 Å². The van der Waals surface area contributed by atoms with E-state index in [2.05, 4.69) is 74.3 Å². The van der Waals surface area contributed by atoms with Crippen LogP contribution in [0, 0.1) is 13.8 Å². The van der Waals surface area contributed by atoms with E-state index in [0.717, 1.165) is 53.3 Å². The van der Waals surface area contributed by atoms with Gasteiger partial charge in [0.2, 0.25) is 0 Å². The molecule has 2 heterocycles. The average molecular weight is 474 g/mol. The molecule has 1 aromatic heterocycles. The van der Waals surface area contributed by atoms with Crippen molar-refractivity contribution in [1.29, 1.82) is 0 Å². The Bertz CT molecular complexity index is 1160. The van der Waals surface area contributed by atoms with Gasteiger partial charge in [-0.15, -0.1) is 0 Å². The lowest BCUT2D eigenvalue weighted by atomic mass is 9.86. The second-order valence-electron chi connectivity index (χ2n) is 9.71. The fourth-order valence-electron chi connectivity index (χ4n) is 4.95. The maximum absolute atomic E-state index is 10.9. The zero-order chi connectivity index (χ0) is 24.9. The Kier molecular flexibility index (Phi) is 7.81. The topological polar surface area (TPSA) is 86.6 Å². The van der Waals surface area contributed by atoms with E-state index in [1.807, 2.05) is 0 Å². The number of carbonyl (C=O) groups is 1. The normalized spacial score (nSPS) is 17.3. The number of rotatable bonds is 9. The van der Waals surface area contributed by atoms with Gasteiger partial charge in [0.25, 0.3) is 0 Å². The third kappa shape index (κ3) is 5.70. The fraction of sp³-hybridized carbons (Fsp3) is 0.414. The van der Waals surface area contributed by atoms with Gasteiger partial charge in [-0.3, -0.25) is 4.79 Å². The predicted octanol–water partition coefficient (Wildman–Crippen LogP) is 5.75. The third-order valence-corrected chi connectivity index (χ3v) is 7.03. The van der Waals surface area contributed by atoms with Crippen molar-refractivity contribution in [2.24, 2.45) is 0 Å². The van der Waals surface area contributed by atoms with E-state index in [-0.39, 0.29) is 25.0 Å². The molecular formula is C29H35N3O3. The Morgan fingerprint density at radius 1 is 0.914 bits per heavy atom. The maximum atomic E-state index is 10.9. The summed E-state index contributed by atoms with van der Waals surface area (Å²) < 4.78 is 0. The first-order valence-corrected chi connectivity index (χ1v) is 12.5. The third-order valence-electron chi connectivity index (χ3n) is 7.03. The van der Waals surface area contributed by atoms with E-state index in [1.165, 1.54) is 11.1 Å². The second-order valence-corrected chi connectivity index (χ2v) is 9.71. The van der Waals surface area contributed by atoms with Gasteiger partial charge in [-0.2, -0.15) is 0 Å². The highest BCUT2D eigenvalue weighted by molar-refractivity contribution is 5.80. The van der Waals surface area contributed by atoms with E-state index in [0.29, 0.717) is 12.8 Å². The number of hydrogen-bond donors (Lipinski definition) is 2. The van der Waals surface area contributed by atoms with Gasteiger partial charge in [-0.25, -0.2) is 9.97 Å². The molecule has 0 fully saturated rings. The fourth-order valence-corrected chi connectivity index (χ4v) is 4.95. The molecule has 0 saturated carbocycles. The van der Waals surface area contributed by atoms with Crippen LogP contribution in [-0.4, -0.2) is 45.8 Å². The van der Waals surface area contributed by atoms with Gasteiger partial charge in [0.1, 0.15) is 0 Å². The summed E-state index contributed by atoms with van der Waals surface area (Å²) in [5.74, 6) is 0.228. The molecule has 2 N–H and O–H groups in total. The minimum atomic E-state index is -0.747. The number of fused-ring (bicyclic) bond motifs is 1. The van der Waals surface area contributed by atoms with E-state index in [1.54, 1.807) is 0 Å². The highest BCUT2D eigenvalue weighted by Crippen LogP contribution is 2.42. The Labute approximate surface area is 207 Å². The first kappa shape index (κ1) is 24.9. The van der Waals surface area contributed by atoms with Crippen molar-refractivity contribution < 1.29 is 15.0 Å². The number of hydrogen-bond acceptors (Lipinski definition) is 5. The standard InChI is InChI=1S/C29H35N3O3/c1-19-8-12-21(13-9-19)26-27(22-14-10-20(2)11-15-22)31-29-28(30-26)23(16-17-33)18-24(32(29)3)6-4-5-7-25(34)35/h8-15,23-24,33H,4-7,16-18H2,1-3H3,(H,34,35). The smallest absolute Gasteiger partial charge is 0.303 e. The highest BCUT2D eigenvalue weighted by atomic mass is 16.4. The number of anilines is 1. The number of aryl methyl sites for hydroxylation is 2. The molecule has 1 aliphatic heterocycles. The number of benzene rings is 2. The van der Waals surface area contributed by atoms with Gasteiger partial charge in [0.15, 0.2) is 5.82 Å². The number of unbranched alkanes of at least 4 members (excludes halogenated alkanes) is 1. The number of nitrogens with zero attached hydrogens (tertiary/aromatic N) is 3. The van der Waals surface area contributed by atoms with Crippen LogP contribution in [0.15, 0.2) is 48.5 Å². The van der Waals surface area contributed by atoms with E-state index >= 15 is 0 Å². The Hall–Kier alpha value is -3.25. The largest absolute Gasteiger partial charge is 0.481 e. The number of carboxylic acids is 1. The van der Waals surface area contributed by atoms with E-state index in [9.17, 15) is 9.90 Å². The number of aliphatic hydroxyl groups is 1. The number of aliphatic carboxylic acids is 1. The summed E-state index contributed by atoms with van der Waals surface area (Å²) in [7, 11) is 2.06. The zero-order valence-electron chi connectivity index (χ0n) is 20.9. The molecular weight excluding hydrogens is 438 g/mol. The average Bonchev–Trinajstić information content (AvgIpc) is 2.84. The maximum Gasteiger partial charge on any atom is 0.303 e. The van der Waals surface area contributed by atoms with Crippen LogP contribution in [-0.2, 0) is 4.79 Å². The van der Waals surface area contributed by atoms with Crippen molar-refractivity contribution in [3.05, 3.63) is 65.4 Å². The summed E-state index contributed by atoms with van der Waals surface area (Å²) >= 11 is 0. The quantitative estimate of drug-likeness (QED) is 0.385. The van der Waals surface area contributed by atoms with Gasteiger partial charge in [-0.1, -0.05) is 66.1 Å². The molecule has 6 heteroatoms. The summed E-state index contributed by atoms with van der Waals surface area (Å²) in [6, 6.07) is 17.0. The summed E-state index contributed by atoms with van der Waals surface area (Å²) in [5, 5.41) is 18.8. The molecule has 0 aliphatic carbocycles. The lowest BCUT2D eigenvalue weighted by molar-refractivity contribution is -0.137. The number of carboxylic acid groups (broad SMARTS) is 1. The van der Waals surface area contributed by atoms with Crippen LogP contribution in [0.4, 0.5) is 5.82 Å². The van der Waals surface area contributed by atoms with Crippen LogP contribution in [0.2, 0.25) is 0 Å². The van der Waals surface area contributed by atoms with Crippen LogP contribution in [0.1, 0.15) is 61.3 Å². The first-order valence-electron chi connectivity index (χ1n) is 12.5. The molecule has 184 valence electrons. The van der Waals surface area contributed by atoms with E-state index in [4.69, 9.17) is 15.1 Å². The van der Waals surface area contributed by atoms with Crippen molar-refractivity contribution in [2.75, 3.05) is 18.6 Å². The Morgan fingerprint density at radius 3 is 2.03 bits per heavy atom. The molecule has 0 amide bonds. The van der Waals surface area contributed by atoms with Crippen molar-refractivity contribution >= 4 is 11.8 Å². The molecule has 0 saturated heterocycles. The van der Waals surface area contributed by atoms with Crippen molar-refractivity contribution in [1.82, 2.24) is 9.97 Å². The molecule has 35 heavy (non-hydrogen) atoms. The molecule has 2 unspecified atom stereocenters. The molecule has 6 nitrogen and oxygen atoms in total. The van der Waals surface area contributed by atoms with Crippen LogP contribution in [0.25, 0.3) is 22.5 Å². The Balaban J connectivity index is 1.78. The van der Waals surface area contributed by atoms with Crippen LogP contribution < -0.4 is 4.90 Å². The van der Waals surface area contributed by atoms with Crippen LogP contribution in [0.5, 0.6) is 0 Å². The molecule has 2 atom stereocenters. The zero-order valence-corrected chi connectivity index (χ0v) is 20.9. The highest BCUT2D eigenvalue weighted by Gasteiger charge is 2.34. The lowest BCUT2D eigenvalue weighted by Gasteiger charge is -2.39. The van der Waals surface area contributed by atoms with Crippen molar-refractivity contribution in [3.8, 4) is 22.5 Å². The molecule has 1 aliphatic rings. The predicted molar refractivity (Wildman–Crippen MR) is 140 cm³/mol. The van der Waals surface area contributed by atoms with Gasteiger partial charge < -0.3 is 15.1 Å². The van der Waals surface area contributed by atoms with Crippen molar-refractivity contribution in [3.63, 3.8) is 0 Å². The summed E-state index contributed by atoms with van der Waals surface area (Å²) in [6.45, 7) is 4.25. The molecule has 0 spiro atoms. The van der Waals surface area contributed by atoms with Crippen LogP contribution in [0.3, 0.4) is 0 Å². The second kappa shape index (κ2) is 11.0. The lowest BCUT2D eigenvalue weighted by Crippen LogP contribution is -2.39. The van der Waals surface area contributed by atoms with Gasteiger partial charge >= 0.3 is 5.97 Å². The summed E-state index contributed by atoms with van der Waals surface area (Å²) in [4.78, 5) is 23.6. The molecule has 3 aromatic rings.